The minimum atomic E-state index is -0.444. The molecule has 152 valence electrons. The van der Waals surface area contributed by atoms with Gasteiger partial charge in [-0.05, 0) is 34.4 Å². The third-order valence-electron chi connectivity index (χ3n) is 6.70. The van der Waals surface area contributed by atoms with Gasteiger partial charge < -0.3 is 0 Å². The molecule has 3 aromatic rings. The monoisotopic (exact) mass is 446 g/mol. The number of carbonyl (C=O) groups excluding carboxylic acids is 2. The molecule has 0 aromatic heterocycles. The first kappa shape index (κ1) is 18.8. The van der Waals surface area contributed by atoms with E-state index in [1.54, 1.807) is 18.2 Å². The van der Waals surface area contributed by atoms with Crippen molar-refractivity contribution in [2.45, 2.75) is 11.8 Å². The summed E-state index contributed by atoms with van der Waals surface area (Å²) in [4.78, 5) is 26.9. The first-order valence-corrected chi connectivity index (χ1v) is 10.9. The lowest BCUT2D eigenvalue weighted by molar-refractivity contribution is -0.139. The summed E-state index contributed by atoms with van der Waals surface area (Å²) in [6.07, 6.45) is 1.45. The lowest BCUT2D eigenvalue weighted by Gasteiger charge is -2.45. The second kappa shape index (κ2) is 6.78. The smallest absolute Gasteiger partial charge is 0.254 e. The van der Waals surface area contributed by atoms with Crippen LogP contribution in [0.15, 0.2) is 71.8 Å². The van der Waals surface area contributed by atoms with Gasteiger partial charge in [-0.25, -0.2) is 0 Å². The summed E-state index contributed by atoms with van der Waals surface area (Å²) in [6.45, 7) is 0. The molecule has 2 amide bonds. The number of benzene rings is 3. The number of carbonyl (C=O) groups is 2. The van der Waals surface area contributed by atoms with Gasteiger partial charge in [0.05, 0.1) is 23.1 Å². The maximum absolute atomic E-state index is 13.5. The van der Waals surface area contributed by atoms with Crippen molar-refractivity contribution in [3.8, 4) is 0 Å². The fourth-order valence-electron chi connectivity index (χ4n) is 5.50. The average molecular weight is 447 g/mol. The van der Waals surface area contributed by atoms with Crippen LogP contribution in [-0.2, 0) is 9.59 Å². The minimum absolute atomic E-state index is 0.141. The van der Waals surface area contributed by atoms with Crippen LogP contribution in [0.2, 0.25) is 10.0 Å². The Morgan fingerprint density at radius 3 is 1.68 bits per heavy atom. The molecule has 0 radical (unpaired) electrons. The number of hydrogen-bond donors (Lipinski definition) is 0. The predicted octanol–water partition coefficient (Wildman–Crippen LogP) is 5.22. The Hall–Kier alpha value is -2.95. The van der Waals surface area contributed by atoms with Crippen LogP contribution in [0.1, 0.15) is 39.7 Å². The molecule has 0 spiro atoms. The van der Waals surface area contributed by atoms with E-state index in [-0.39, 0.29) is 23.7 Å². The molecule has 3 aromatic carbocycles. The van der Waals surface area contributed by atoms with Gasteiger partial charge in [-0.3, -0.25) is 9.59 Å². The van der Waals surface area contributed by atoms with Gasteiger partial charge in [-0.15, -0.1) is 0 Å². The van der Waals surface area contributed by atoms with E-state index in [9.17, 15) is 9.59 Å². The SMILES string of the molecule is O=C1[C@@H]2C3c4ccccc4C(c4ccccc43)[C@@H]2C(=O)N1/N=C\c1ccc(Cl)cc1Cl. The molecule has 2 bridgehead atoms. The van der Waals surface area contributed by atoms with Gasteiger partial charge in [-0.2, -0.15) is 10.1 Å². The van der Waals surface area contributed by atoms with Gasteiger partial charge in [0.1, 0.15) is 0 Å². The molecule has 4 aliphatic rings. The highest BCUT2D eigenvalue weighted by atomic mass is 35.5. The highest BCUT2D eigenvalue weighted by Crippen LogP contribution is 2.60. The number of halogens is 2. The van der Waals surface area contributed by atoms with Gasteiger partial charge in [0.15, 0.2) is 0 Å². The maximum Gasteiger partial charge on any atom is 0.254 e. The number of nitrogens with zero attached hydrogens (tertiary/aromatic N) is 2. The Morgan fingerprint density at radius 2 is 1.23 bits per heavy atom. The highest BCUT2D eigenvalue weighted by molar-refractivity contribution is 6.36. The Kier molecular flexibility index (Phi) is 4.11. The Balaban J connectivity index is 1.45. The van der Waals surface area contributed by atoms with E-state index < -0.39 is 11.8 Å². The van der Waals surface area contributed by atoms with Crippen molar-refractivity contribution in [2.75, 3.05) is 0 Å². The second-order valence-electron chi connectivity index (χ2n) is 8.16. The summed E-state index contributed by atoms with van der Waals surface area (Å²) in [6, 6.07) is 21.3. The van der Waals surface area contributed by atoms with Crippen LogP contribution >= 0.6 is 23.2 Å². The van der Waals surface area contributed by atoms with Crippen molar-refractivity contribution in [3.63, 3.8) is 0 Å². The molecular weight excluding hydrogens is 431 g/mol. The van der Waals surface area contributed by atoms with E-state index >= 15 is 0 Å². The molecular formula is C25H16Cl2N2O2. The van der Waals surface area contributed by atoms with Gasteiger partial charge in [0.25, 0.3) is 11.8 Å². The van der Waals surface area contributed by atoms with Crippen LogP contribution in [-0.4, -0.2) is 23.0 Å². The van der Waals surface area contributed by atoms with E-state index in [0.717, 1.165) is 27.3 Å². The molecule has 1 aliphatic heterocycles. The summed E-state index contributed by atoms with van der Waals surface area (Å²) in [5.41, 5.74) is 5.15. The normalized spacial score (nSPS) is 25.7. The van der Waals surface area contributed by atoms with Crippen LogP contribution < -0.4 is 0 Å². The predicted molar refractivity (Wildman–Crippen MR) is 119 cm³/mol. The molecule has 4 nitrogen and oxygen atoms in total. The molecule has 0 unspecified atom stereocenters. The van der Waals surface area contributed by atoms with Crippen molar-refractivity contribution < 1.29 is 9.59 Å². The largest absolute Gasteiger partial charge is 0.272 e. The first-order chi connectivity index (χ1) is 15.1. The standard InChI is InChI=1S/C25H16Cl2N2O2/c26-14-10-9-13(19(27)11-14)12-28-29-24(30)22-20-15-5-1-2-6-16(15)21(23(22)25(29)31)18-8-4-3-7-17(18)20/h1-12,20-23H/b28-12-/t20?,21?,22-,23+. The summed E-state index contributed by atoms with van der Waals surface area (Å²) in [5, 5.41) is 6.23. The van der Waals surface area contributed by atoms with Gasteiger partial charge >= 0.3 is 0 Å². The topological polar surface area (TPSA) is 49.7 Å². The minimum Gasteiger partial charge on any atom is -0.272 e. The van der Waals surface area contributed by atoms with Gasteiger partial charge in [0.2, 0.25) is 0 Å². The van der Waals surface area contributed by atoms with Gasteiger partial charge in [-0.1, -0.05) is 77.8 Å². The number of amides is 2. The van der Waals surface area contributed by atoms with Crippen molar-refractivity contribution in [2.24, 2.45) is 16.9 Å². The van der Waals surface area contributed by atoms with E-state index in [0.29, 0.717) is 15.6 Å². The molecule has 1 fully saturated rings. The van der Waals surface area contributed by atoms with Crippen LogP contribution in [0.4, 0.5) is 0 Å². The second-order valence-corrected chi connectivity index (χ2v) is 9.01. The summed E-state index contributed by atoms with van der Waals surface area (Å²) in [5.74, 6) is -1.68. The molecule has 6 heteroatoms. The van der Waals surface area contributed by atoms with Crippen molar-refractivity contribution in [1.29, 1.82) is 0 Å². The van der Waals surface area contributed by atoms with Gasteiger partial charge in [0, 0.05) is 22.4 Å². The van der Waals surface area contributed by atoms with Crippen molar-refractivity contribution in [1.82, 2.24) is 5.01 Å². The first-order valence-electron chi connectivity index (χ1n) is 10.1. The van der Waals surface area contributed by atoms with E-state index in [1.165, 1.54) is 6.21 Å². The molecule has 1 saturated heterocycles. The van der Waals surface area contributed by atoms with E-state index in [2.05, 4.69) is 29.4 Å². The van der Waals surface area contributed by atoms with Crippen LogP contribution in [0.3, 0.4) is 0 Å². The average Bonchev–Trinajstić information content (AvgIpc) is 3.04. The number of hydrogen-bond acceptors (Lipinski definition) is 3. The molecule has 2 atom stereocenters. The van der Waals surface area contributed by atoms with E-state index in [1.807, 2.05) is 24.3 Å². The Bertz CT molecular complexity index is 1190. The van der Waals surface area contributed by atoms with Crippen LogP contribution in [0.5, 0.6) is 0 Å². The van der Waals surface area contributed by atoms with Crippen LogP contribution in [0.25, 0.3) is 0 Å². The highest BCUT2D eigenvalue weighted by Gasteiger charge is 2.61. The van der Waals surface area contributed by atoms with Crippen molar-refractivity contribution in [3.05, 3.63) is 105 Å². The maximum atomic E-state index is 13.5. The fraction of sp³-hybridized carbons (Fsp3) is 0.160. The summed E-state index contributed by atoms with van der Waals surface area (Å²) in [7, 11) is 0. The molecule has 1 heterocycles. The zero-order valence-corrected chi connectivity index (χ0v) is 17.7. The quantitative estimate of drug-likeness (QED) is 0.400. The number of imide groups is 1. The lowest BCUT2D eigenvalue weighted by Crippen LogP contribution is -2.41. The number of rotatable bonds is 2. The van der Waals surface area contributed by atoms with Crippen LogP contribution in [0, 0.1) is 11.8 Å². The zero-order chi connectivity index (χ0) is 21.3. The molecule has 7 rings (SSSR count). The fourth-order valence-corrected chi connectivity index (χ4v) is 5.96. The third-order valence-corrected chi connectivity index (χ3v) is 7.26. The summed E-state index contributed by atoms with van der Waals surface area (Å²) >= 11 is 12.2. The molecule has 31 heavy (non-hydrogen) atoms. The third kappa shape index (κ3) is 2.58. The Morgan fingerprint density at radius 1 is 0.742 bits per heavy atom. The molecule has 0 N–H and O–H groups in total. The zero-order valence-electron chi connectivity index (χ0n) is 16.2. The molecule has 0 saturated carbocycles. The lowest BCUT2D eigenvalue weighted by atomic mass is 9.55. The van der Waals surface area contributed by atoms with Crippen molar-refractivity contribution >= 4 is 41.2 Å². The summed E-state index contributed by atoms with van der Waals surface area (Å²) < 4.78 is 0. The van der Waals surface area contributed by atoms with E-state index in [4.69, 9.17) is 23.2 Å². The Labute approximate surface area is 189 Å². The number of hydrazone groups is 1. The molecule has 3 aliphatic carbocycles.